The molecule has 0 saturated carbocycles. The Morgan fingerprint density at radius 1 is 1.50 bits per heavy atom. The zero-order valence-electron chi connectivity index (χ0n) is 1.63. The van der Waals surface area contributed by atoms with Crippen molar-refractivity contribution in [1.82, 2.24) is 0 Å². The van der Waals surface area contributed by atoms with E-state index in [1.165, 1.54) is 0 Å². The van der Waals surface area contributed by atoms with E-state index in [4.69, 9.17) is 0 Å². The molecular formula is CHAgI2. The Labute approximate surface area is 65.3 Å². The number of alkyl halides is 2. The van der Waals surface area contributed by atoms with Gasteiger partial charge in [0.25, 0.3) is 0 Å². The standard InChI is InChI=1S/CHI2.Ag/c2-1-3;/h1H;. The Morgan fingerprint density at radius 2 is 1.50 bits per heavy atom. The quantitative estimate of drug-likeness (QED) is 0.344. The van der Waals surface area contributed by atoms with Crippen molar-refractivity contribution in [3.05, 3.63) is 0 Å². The van der Waals surface area contributed by atoms with Gasteiger partial charge < -0.3 is 0 Å². The van der Waals surface area contributed by atoms with E-state index in [9.17, 15) is 0 Å². The van der Waals surface area contributed by atoms with Gasteiger partial charge in [-0.1, -0.05) is 0 Å². The van der Waals surface area contributed by atoms with Crippen LogP contribution in [0.4, 0.5) is 0 Å². The molecule has 0 aromatic carbocycles. The molecule has 0 atom stereocenters. The van der Waals surface area contributed by atoms with E-state index in [-0.39, 0.29) is 0 Å². The van der Waals surface area contributed by atoms with Crippen LogP contribution in [0.15, 0.2) is 0 Å². The summed E-state index contributed by atoms with van der Waals surface area (Å²) in [4.78, 5) is 0. The fraction of sp³-hybridized carbons (Fsp3) is 1.00. The average Bonchev–Trinajstić information content (AvgIpc) is 0.811. The van der Waals surface area contributed by atoms with E-state index in [2.05, 4.69) is 66.2 Å². The summed E-state index contributed by atoms with van der Waals surface area (Å²) >= 11 is 7.75. The maximum atomic E-state index is 3.26. The van der Waals surface area contributed by atoms with Crippen molar-refractivity contribution in [3.8, 4) is 0 Å². The number of halogens is 2. The molecule has 0 unspecified atom stereocenters. The van der Waals surface area contributed by atoms with Gasteiger partial charge in [-0.25, -0.2) is 0 Å². The minimum absolute atomic E-state index is 0.583. The number of hydrogen-bond acceptors (Lipinski definition) is 0. The number of hydrogen-bond donors (Lipinski definition) is 0. The van der Waals surface area contributed by atoms with Crippen LogP contribution < -0.4 is 0 Å². The van der Waals surface area contributed by atoms with E-state index >= 15 is 0 Å². The molecule has 0 heterocycles. The van der Waals surface area contributed by atoms with Gasteiger partial charge in [-0.15, -0.1) is 0 Å². The van der Waals surface area contributed by atoms with Crippen molar-refractivity contribution in [2.75, 3.05) is 0 Å². The SMILES string of the molecule is [Ag][CH](I)I. The van der Waals surface area contributed by atoms with Gasteiger partial charge >= 0.3 is 66.4 Å². The van der Waals surface area contributed by atoms with Crippen LogP contribution in [0.1, 0.15) is 0 Å². The van der Waals surface area contributed by atoms with E-state index in [1.807, 2.05) is 0 Å². The van der Waals surface area contributed by atoms with Crippen LogP contribution in [0.2, 0.25) is 0 Å². The molecule has 3 heteroatoms. The zero-order valence-corrected chi connectivity index (χ0v) is 7.43. The van der Waals surface area contributed by atoms with Crippen molar-refractivity contribution < 1.29 is 21.1 Å². The summed E-state index contributed by atoms with van der Waals surface area (Å²) in [6.07, 6.45) is 0. The third-order valence-corrected chi connectivity index (χ3v) is 0. The first-order valence-electron chi connectivity index (χ1n) is 0.611. The molecule has 0 aromatic rings. The normalized spacial score (nSPS) is 9.25. The summed E-state index contributed by atoms with van der Waals surface area (Å²) in [6, 6.07) is 0. The van der Waals surface area contributed by atoms with Crippen LogP contribution in [0.3, 0.4) is 0 Å². The van der Waals surface area contributed by atoms with Gasteiger partial charge in [-0.3, -0.25) is 0 Å². The molecule has 4 heavy (non-hydrogen) atoms. The molecule has 0 fully saturated rings. The first-order chi connectivity index (χ1) is 1.73. The molecule has 0 spiro atoms. The second kappa shape index (κ2) is 3.39. The average molecular weight is 375 g/mol. The molecule has 0 N–H and O–H groups in total. The molecule has 0 radical (unpaired) electrons. The molecule has 0 aromatic heterocycles. The molecule has 0 aliphatic carbocycles. The van der Waals surface area contributed by atoms with E-state index < -0.39 is 0 Å². The fourth-order valence-electron chi connectivity index (χ4n) is 0. The van der Waals surface area contributed by atoms with Crippen molar-refractivity contribution in [3.63, 3.8) is 0 Å². The number of rotatable bonds is 0. The Balaban J connectivity index is 2.32. The summed E-state index contributed by atoms with van der Waals surface area (Å²) in [5, 5.41) is 0. The molecule has 0 bridgehead atoms. The van der Waals surface area contributed by atoms with Crippen LogP contribution >= 0.6 is 45.2 Å². The summed E-state index contributed by atoms with van der Waals surface area (Å²) in [6.45, 7) is 0. The molecule has 0 saturated heterocycles. The second-order valence-electron chi connectivity index (χ2n) is 0.214. The molecule has 0 aliphatic heterocycles. The monoisotopic (exact) mass is 374 g/mol. The first kappa shape index (κ1) is 6.20. The molecule has 0 rings (SSSR count). The molecule has 0 nitrogen and oxygen atoms in total. The maximum absolute atomic E-state index is 3.26. The van der Waals surface area contributed by atoms with E-state index in [0.29, 0.717) is 0.149 Å². The third kappa shape index (κ3) is 8.89. The molecule has 0 amide bonds. The van der Waals surface area contributed by atoms with Crippen LogP contribution in [-0.2, 0) is 21.1 Å². The minimum atomic E-state index is 0.583. The molecular weight excluding hydrogens is 374 g/mol. The topological polar surface area (TPSA) is 0 Å². The van der Waals surface area contributed by atoms with Gasteiger partial charge in [0.15, 0.2) is 0 Å². The van der Waals surface area contributed by atoms with Crippen LogP contribution in [-0.4, -0.2) is 0.149 Å². The summed E-state index contributed by atoms with van der Waals surface area (Å²) in [5.41, 5.74) is 0. The van der Waals surface area contributed by atoms with Crippen LogP contribution in [0, 0.1) is 0 Å². The second-order valence-corrected chi connectivity index (χ2v) is 8.93. The predicted octanol–water partition coefficient (Wildman–Crippen LogP) is 1.69. The molecule has 0 aliphatic rings. The van der Waals surface area contributed by atoms with Crippen molar-refractivity contribution in [2.45, 2.75) is 0.149 Å². The van der Waals surface area contributed by atoms with E-state index in [1.54, 1.807) is 0 Å². The van der Waals surface area contributed by atoms with Crippen molar-refractivity contribution >= 4 is 45.2 Å². The van der Waals surface area contributed by atoms with E-state index in [0.717, 1.165) is 0 Å². The van der Waals surface area contributed by atoms with Gasteiger partial charge in [-0.05, 0) is 0 Å². The Bertz CT molecular complexity index is 10.8. The van der Waals surface area contributed by atoms with Crippen LogP contribution in [0.25, 0.3) is 0 Å². The van der Waals surface area contributed by atoms with Gasteiger partial charge in [0.1, 0.15) is 0 Å². The van der Waals surface area contributed by atoms with Gasteiger partial charge in [-0.2, -0.15) is 0 Å². The molecule has 30 valence electrons. The Hall–Kier alpha value is 2.20. The third-order valence-electron chi connectivity index (χ3n) is 0. The van der Waals surface area contributed by atoms with Gasteiger partial charge in [0, 0.05) is 0 Å². The van der Waals surface area contributed by atoms with Crippen molar-refractivity contribution in [2.24, 2.45) is 0 Å². The summed E-state index contributed by atoms with van der Waals surface area (Å²) < 4.78 is 0.583. The Kier molecular flexibility index (Phi) is 5.26. The van der Waals surface area contributed by atoms with Crippen LogP contribution in [0.5, 0.6) is 0 Å². The van der Waals surface area contributed by atoms with Gasteiger partial charge in [0.2, 0.25) is 0 Å². The van der Waals surface area contributed by atoms with Gasteiger partial charge in [0.05, 0.1) is 0 Å². The summed E-state index contributed by atoms with van der Waals surface area (Å²) in [5.74, 6) is 0. The first-order valence-corrected chi connectivity index (χ1v) is 3.96. The zero-order chi connectivity index (χ0) is 3.58. The van der Waals surface area contributed by atoms with Crippen molar-refractivity contribution in [1.29, 1.82) is 0 Å². The fourth-order valence-corrected chi connectivity index (χ4v) is 0. The Morgan fingerprint density at radius 3 is 1.50 bits per heavy atom. The summed E-state index contributed by atoms with van der Waals surface area (Å²) in [7, 11) is 0. The predicted molar refractivity (Wildman–Crippen MR) is 31.8 cm³/mol.